The highest BCUT2D eigenvalue weighted by Crippen LogP contribution is 2.44. The van der Waals surface area contributed by atoms with Crippen LogP contribution >= 0.6 is 11.3 Å². The molecule has 1 aliphatic rings. The van der Waals surface area contributed by atoms with Gasteiger partial charge in [-0.25, -0.2) is 8.42 Å². The molecule has 1 heterocycles. The van der Waals surface area contributed by atoms with E-state index in [0.29, 0.717) is 35.8 Å². The number of methoxy groups -OCH3 is 1. The summed E-state index contributed by atoms with van der Waals surface area (Å²) in [6.07, 6.45) is 1.68. The fourth-order valence-corrected chi connectivity index (χ4v) is 6.82. The highest BCUT2D eigenvalue weighted by molar-refractivity contribution is 7.91. The lowest BCUT2D eigenvalue weighted by molar-refractivity contribution is -0.0745. The van der Waals surface area contributed by atoms with Crippen LogP contribution in [0.2, 0.25) is 0 Å². The van der Waals surface area contributed by atoms with Crippen molar-refractivity contribution in [1.29, 1.82) is 0 Å². The van der Waals surface area contributed by atoms with Crippen molar-refractivity contribution in [2.75, 3.05) is 34.8 Å². The molecular formula is C21H30N2O4S2. The SMILES string of the molecule is COc1cccc(C2(O)CCC(N(C)S(=O)(=O)c3cccs3)CC2CN(C)C)c1. The van der Waals surface area contributed by atoms with Crippen LogP contribution in [-0.4, -0.2) is 63.6 Å². The monoisotopic (exact) mass is 438 g/mol. The number of benzene rings is 1. The molecule has 1 aromatic heterocycles. The predicted octanol–water partition coefficient (Wildman–Crippen LogP) is 3.00. The van der Waals surface area contributed by atoms with E-state index in [2.05, 4.69) is 0 Å². The third kappa shape index (κ3) is 4.51. The lowest BCUT2D eigenvalue weighted by atomic mass is 9.69. The molecule has 8 heteroatoms. The summed E-state index contributed by atoms with van der Waals surface area (Å²) in [6.45, 7) is 0.664. The average molecular weight is 439 g/mol. The van der Waals surface area contributed by atoms with Gasteiger partial charge in [-0.1, -0.05) is 18.2 Å². The Labute approximate surface area is 177 Å². The number of nitrogens with zero attached hydrogens (tertiary/aromatic N) is 2. The van der Waals surface area contributed by atoms with Gasteiger partial charge in [-0.2, -0.15) is 4.31 Å². The standard InChI is InChI=1S/C21H30N2O4S2/c1-22(2)15-17-13-18(23(3)29(25,26)20-9-6-12-28-20)10-11-21(17,24)16-7-5-8-19(14-16)27-4/h5-9,12,14,17-18,24H,10-11,13,15H2,1-4H3. The van der Waals surface area contributed by atoms with Crippen LogP contribution in [0.1, 0.15) is 24.8 Å². The second-order valence-electron chi connectivity index (χ2n) is 8.00. The number of thiophene rings is 1. The van der Waals surface area contributed by atoms with Crippen LogP contribution in [0.5, 0.6) is 5.75 Å². The van der Waals surface area contributed by atoms with E-state index in [1.807, 2.05) is 43.3 Å². The van der Waals surface area contributed by atoms with E-state index >= 15 is 0 Å². The minimum atomic E-state index is -3.52. The normalized spacial score (nSPS) is 25.5. The van der Waals surface area contributed by atoms with E-state index in [1.54, 1.807) is 31.7 Å². The van der Waals surface area contributed by atoms with Gasteiger partial charge in [0.25, 0.3) is 10.0 Å². The van der Waals surface area contributed by atoms with Gasteiger partial charge in [0.05, 0.1) is 12.7 Å². The minimum Gasteiger partial charge on any atom is -0.497 e. The quantitative estimate of drug-likeness (QED) is 0.720. The number of aliphatic hydroxyl groups is 1. The molecule has 3 rings (SSSR count). The molecule has 1 aromatic carbocycles. The van der Waals surface area contributed by atoms with Gasteiger partial charge in [0.1, 0.15) is 9.96 Å². The van der Waals surface area contributed by atoms with Gasteiger partial charge in [-0.3, -0.25) is 0 Å². The molecule has 3 unspecified atom stereocenters. The molecule has 0 saturated heterocycles. The smallest absolute Gasteiger partial charge is 0.252 e. The lowest BCUT2D eigenvalue weighted by Crippen LogP contribution is -2.50. The summed E-state index contributed by atoms with van der Waals surface area (Å²) in [6, 6.07) is 10.8. The molecule has 1 fully saturated rings. The molecule has 6 nitrogen and oxygen atoms in total. The van der Waals surface area contributed by atoms with Crippen LogP contribution < -0.4 is 4.74 Å². The van der Waals surface area contributed by atoms with Crippen molar-refractivity contribution in [1.82, 2.24) is 9.21 Å². The summed E-state index contributed by atoms with van der Waals surface area (Å²) < 4.78 is 33.2. The molecule has 0 bridgehead atoms. The minimum absolute atomic E-state index is 0.107. The molecule has 1 aliphatic carbocycles. The Bertz CT molecular complexity index is 915. The zero-order valence-electron chi connectivity index (χ0n) is 17.4. The molecule has 0 spiro atoms. The summed E-state index contributed by atoms with van der Waals surface area (Å²) in [5.41, 5.74) is -0.200. The Morgan fingerprint density at radius 1 is 1.24 bits per heavy atom. The second kappa shape index (κ2) is 8.73. The molecule has 0 aliphatic heterocycles. The Morgan fingerprint density at radius 3 is 2.62 bits per heavy atom. The fourth-order valence-electron chi connectivity index (χ4n) is 4.25. The molecular weight excluding hydrogens is 408 g/mol. The van der Waals surface area contributed by atoms with E-state index in [0.717, 1.165) is 5.56 Å². The number of hydrogen-bond donors (Lipinski definition) is 1. The zero-order chi connectivity index (χ0) is 21.2. The zero-order valence-corrected chi connectivity index (χ0v) is 19.0. The van der Waals surface area contributed by atoms with E-state index in [4.69, 9.17) is 4.74 Å². The van der Waals surface area contributed by atoms with Crippen LogP contribution in [0.15, 0.2) is 46.0 Å². The number of rotatable bonds is 7. The summed E-state index contributed by atoms with van der Waals surface area (Å²) in [4.78, 5) is 2.05. The van der Waals surface area contributed by atoms with E-state index in [9.17, 15) is 13.5 Å². The van der Waals surface area contributed by atoms with Crippen LogP contribution in [0.25, 0.3) is 0 Å². The Morgan fingerprint density at radius 2 is 2.00 bits per heavy atom. The predicted molar refractivity (Wildman–Crippen MR) is 116 cm³/mol. The summed E-state index contributed by atoms with van der Waals surface area (Å²) in [5, 5.41) is 13.5. The number of hydrogen-bond acceptors (Lipinski definition) is 6. The van der Waals surface area contributed by atoms with E-state index < -0.39 is 15.6 Å². The number of sulfonamides is 1. The van der Waals surface area contributed by atoms with Gasteiger partial charge < -0.3 is 14.7 Å². The van der Waals surface area contributed by atoms with E-state index in [1.165, 1.54) is 15.6 Å². The van der Waals surface area contributed by atoms with Crippen molar-refractivity contribution in [2.45, 2.75) is 35.1 Å². The van der Waals surface area contributed by atoms with E-state index in [-0.39, 0.29) is 12.0 Å². The van der Waals surface area contributed by atoms with Crippen LogP contribution in [0.4, 0.5) is 0 Å². The van der Waals surface area contributed by atoms with Gasteiger partial charge in [-0.05, 0) is 62.5 Å². The molecule has 0 radical (unpaired) electrons. The first-order chi connectivity index (χ1) is 13.7. The molecule has 1 saturated carbocycles. The maximum Gasteiger partial charge on any atom is 0.252 e. The van der Waals surface area contributed by atoms with Crippen molar-refractivity contribution in [3.05, 3.63) is 47.3 Å². The van der Waals surface area contributed by atoms with Crippen LogP contribution in [0.3, 0.4) is 0 Å². The van der Waals surface area contributed by atoms with Gasteiger partial charge in [0.2, 0.25) is 0 Å². The fraction of sp³-hybridized carbons (Fsp3) is 0.524. The van der Waals surface area contributed by atoms with Crippen molar-refractivity contribution in [2.24, 2.45) is 5.92 Å². The highest BCUT2D eigenvalue weighted by atomic mass is 32.2. The van der Waals surface area contributed by atoms with Crippen molar-refractivity contribution in [3.8, 4) is 5.75 Å². The largest absolute Gasteiger partial charge is 0.497 e. The maximum absolute atomic E-state index is 13.0. The molecule has 1 N–H and O–H groups in total. The van der Waals surface area contributed by atoms with Gasteiger partial charge >= 0.3 is 0 Å². The molecule has 2 aromatic rings. The van der Waals surface area contributed by atoms with Crippen molar-refractivity contribution < 1.29 is 18.3 Å². The van der Waals surface area contributed by atoms with Gasteiger partial charge in [0.15, 0.2) is 0 Å². The third-order valence-electron chi connectivity index (χ3n) is 5.89. The average Bonchev–Trinajstić information content (AvgIpc) is 3.24. The van der Waals surface area contributed by atoms with Crippen LogP contribution in [0, 0.1) is 5.92 Å². The first kappa shape index (κ1) is 22.2. The van der Waals surface area contributed by atoms with Crippen molar-refractivity contribution in [3.63, 3.8) is 0 Å². The Kier molecular flexibility index (Phi) is 6.70. The van der Waals surface area contributed by atoms with Crippen LogP contribution in [-0.2, 0) is 15.6 Å². The summed E-state index contributed by atoms with van der Waals surface area (Å²) >= 11 is 1.23. The molecule has 29 heavy (non-hydrogen) atoms. The maximum atomic E-state index is 13.0. The first-order valence-corrected chi connectivity index (χ1v) is 12.0. The third-order valence-corrected chi connectivity index (χ3v) is 9.17. The van der Waals surface area contributed by atoms with Crippen molar-refractivity contribution >= 4 is 21.4 Å². The van der Waals surface area contributed by atoms with Gasteiger partial charge in [-0.15, -0.1) is 11.3 Å². The summed E-state index contributed by atoms with van der Waals surface area (Å²) in [7, 11) is 3.69. The molecule has 3 atom stereocenters. The lowest BCUT2D eigenvalue weighted by Gasteiger charge is -2.46. The first-order valence-electron chi connectivity index (χ1n) is 9.71. The van der Waals surface area contributed by atoms with Gasteiger partial charge in [0, 0.05) is 25.6 Å². The molecule has 0 amide bonds. The second-order valence-corrected chi connectivity index (χ2v) is 11.2. The number of ether oxygens (including phenoxy) is 1. The molecule has 160 valence electrons. The summed E-state index contributed by atoms with van der Waals surface area (Å²) in [5.74, 6) is 0.600. The topological polar surface area (TPSA) is 70.1 Å². The Balaban J connectivity index is 1.89. The Hall–Kier alpha value is -1.45. The highest BCUT2D eigenvalue weighted by Gasteiger charge is 2.46.